The van der Waals surface area contributed by atoms with Gasteiger partial charge in [0.2, 0.25) is 5.91 Å². The third kappa shape index (κ3) is 5.52. The van der Waals surface area contributed by atoms with Crippen molar-refractivity contribution >= 4 is 5.91 Å². The topological polar surface area (TPSA) is 41.1 Å². The van der Waals surface area contributed by atoms with Gasteiger partial charge in [0.15, 0.2) is 0 Å². The normalized spacial score (nSPS) is 29.3. The number of hydrogen-bond acceptors (Lipinski definition) is 2. The maximum atomic E-state index is 12.1. The van der Waals surface area contributed by atoms with E-state index in [9.17, 15) is 4.79 Å². The third-order valence-electron chi connectivity index (χ3n) is 4.41. The molecule has 0 spiro atoms. The highest BCUT2D eigenvalue weighted by molar-refractivity contribution is 5.76. The lowest BCUT2D eigenvalue weighted by Gasteiger charge is -2.38. The van der Waals surface area contributed by atoms with Crippen LogP contribution in [-0.2, 0) is 4.79 Å². The van der Waals surface area contributed by atoms with E-state index in [1.165, 1.54) is 12.8 Å². The first-order valence-corrected chi connectivity index (χ1v) is 7.96. The summed E-state index contributed by atoms with van der Waals surface area (Å²) in [4.78, 5) is 12.1. The average Bonchev–Trinajstić information content (AvgIpc) is 2.28. The summed E-state index contributed by atoms with van der Waals surface area (Å²) in [6.07, 6.45) is 4.29. The molecule has 1 amide bonds. The van der Waals surface area contributed by atoms with Crippen molar-refractivity contribution in [2.45, 2.75) is 72.4 Å². The predicted octanol–water partition coefficient (Wildman–Crippen LogP) is 2.95. The molecule has 3 heteroatoms. The Balaban J connectivity index is 2.49. The van der Waals surface area contributed by atoms with Crippen LogP contribution in [0.4, 0.5) is 0 Å². The minimum atomic E-state index is 0.207. The fraction of sp³-hybridized carbons (Fsp3) is 0.938. The molecule has 1 fully saturated rings. The number of hydrogen-bond donors (Lipinski definition) is 2. The van der Waals surface area contributed by atoms with Gasteiger partial charge in [-0.1, -0.05) is 34.1 Å². The van der Waals surface area contributed by atoms with E-state index in [1.807, 2.05) is 0 Å². The summed E-state index contributed by atoms with van der Waals surface area (Å²) < 4.78 is 0. The molecule has 0 radical (unpaired) electrons. The molecular formula is C16H32N2O. The van der Waals surface area contributed by atoms with Gasteiger partial charge in [-0.15, -0.1) is 0 Å². The van der Waals surface area contributed by atoms with Crippen molar-refractivity contribution in [3.05, 3.63) is 0 Å². The van der Waals surface area contributed by atoms with E-state index in [4.69, 9.17) is 0 Å². The van der Waals surface area contributed by atoms with Crippen LogP contribution in [0.5, 0.6) is 0 Å². The Morgan fingerprint density at radius 2 is 1.95 bits per heavy atom. The maximum absolute atomic E-state index is 12.1. The van der Waals surface area contributed by atoms with E-state index in [2.05, 4.69) is 45.3 Å². The number of nitrogens with one attached hydrogen (secondary N) is 2. The van der Waals surface area contributed by atoms with Gasteiger partial charge < -0.3 is 10.6 Å². The van der Waals surface area contributed by atoms with Gasteiger partial charge in [-0.25, -0.2) is 0 Å². The Morgan fingerprint density at radius 1 is 1.26 bits per heavy atom. The van der Waals surface area contributed by atoms with E-state index < -0.39 is 0 Å². The van der Waals surface area contributed by atoms with Crippen LogP contribution in [0.15, 0.2) is 0 Å². The van der Waals surface area contributed by atoms with Crippen molar-refractivity contribution in [1.82, 2.24) is 10.6 Å². The Bertz CT molecular complexity index is 278. The van der Waals surface area contributed by atoms with Gasteiger partial charge in [-0.3, -0.25) is 4.79 Å². The second-order valence-corrected chi connectivity index (χ2v) is 6.66. The van der Waals surface area contributed by atoms with E-state index in [1.54, 1.807) is 0 Å². The van der Waals surface area contributed by atoms with Crippen LogP contribution < -0.4 is 10.6 Å². The number of rotatable bonds is 6. The van der Waals surface area contributed by atoms with Gasteiger partial charge in [0, 0.05) is 18.5 Å². The Morgan fingerprint density at radius 3 is 2.53 bits per heavy atom. The SMILES string of the molecule is CCNC(C)CC(=O)NC1CC(C)CCC1C(C)C. The highest BCUT2D eigenvalue weighted by Crippen LogP contribution is 2.33. The summed E-state index contributed by atoms with van der Waals surface area (Å²) in [5, 5.41) is 6.59. The molecule has 0 aliphatic heterocycles. The zero-order chi connectivity index (χ0) is 14.4. The Hall–Kier alpha value is -0.570. The van der Waals surface area contributed by atoms with Crippen LogP contribution in [0.25, 0.3) is 0 Å². The summed E-state index contributed by atoms with van der Waals surface area (Å²) in [5.74, 6) is 2.25. The molecule has 2 N–H and O–H groups in total. The Labute approximate surface area is 118 Å². The summed E-state index contributed by atoms with van der Waals surface area (Å²) in [6.45, 7) is 11.9. The van der Waals surface area contributed by atoms with Crippen molar-refractivity contribution < 1.29 is 4.79 Å². The molecule has 112 valence electrons. The minimum absolute atomic E-state index is 0.207. The van der Waals surface area contributed by atoms with Gasteiger partial charge in [0.1, 0.15) is 0 Å². The largest absolute Gasteiger partial charge is 0.353 e. The molecule has 1 aliphatic rings. The van der Waals surface area contributed by atoms with Crippen LogP contribution in [0.1, 0.15) is 60.3 Å². The fourth-order valence-electron chi connectivity index (χ4n) is 3.33. The van der Waals surface area contributed by atoms with E-state index >= 15 is 0 Å². The second kappa shape index (κ2) is 7.88. The van der Waals surface area contributed by atoms with E-state index in [0.29, 0.717) is 24.3 Å². The van der Waals surface area contributed by atoms with Crippen molar-refractivity contribution in [1.29, 1.82) is 0 Å². The zero-order valence-corrected chi connectivity index (χ0v) is 13.3. The molecule has 0 heterocycles. The van der Waals surface area contributed by atoms with Crippen LogP contribution in [0.2, 0.25) is 0 Å². The first-order valence-electron chi connectivity index (χ1n) is 7.96. The lowest BCUT2D eigenvalue weighted by molar-refractivity contribution is -0.123. The van der Waals surface area contributed by atoms with Crippen LogP contribution in [0.3, 0.4) is 0 Å². The van der Waals surface area contributed by atoms with Gasteiger partial charge in [-0.2, -0.15) is 0 Å². The molecule has 1 aliphatic carbocycles. The zero-order valence-electron chi connectivity index (χ0n) is 13.3. The molecule has 1 rings (SSSR count). The molecule has 0 saturated heterocycles. The monoisotopic (exact) mass is 268 g/mol. The van der Waals surface area contributed by atoms with Crippen LogP contribution in [-0.4, -0.2) is 24.5 Å². The van der Waals surface area contributed by atoms with Gasteiger partial charge in [-0.05, 0) is 44.1 Å². The number of amides is 1. The number of carbonyl (C=O) groups excluding carboxylic acids is 1. The highest BCUT2D eigenvalue weighted by Gasteiger charge is 2.31. The quantitative estimate of drug-likeness (QED) is 0.777. The fourth-order valence-corrected chi connectivity index (χ4v) is 3.33. The molecule has 19 heavy (non-hydrogen) atoms. The van der Waals surface area contributed by atoms with Crippen molar-refractivity contribution in [3.63, 3.8) is 0 Å². The summed E-state index contributed by atoms with van der Waals surface area (Å²) in [7, 11) is 0. The molecule has 0 aromatic carbocycles. The predicted molar refractivity (Wildman–Crippen MR) is 81.0 cm³/mol. The van der Waals surface area contributed by atoms with Crippen LogP contribution in [0, 0.1) is 17.8 Å². The lowest BCUT2D eigenvalue weighted by atomic mass is 9.74. The molecule has 1 saturated carbocycles. The number of carbonyl (C=O) groups is 1. The molecule has 0 bridgehead atoms. The average molecular weight is 268 g/mol. The molecule has 0 aromatic rings. The van der Waals surface area contributed by atoms with E-state index in [0.717, 1.165) is 18.9 Å². The maximum Gasteiger partial charge on any atom is 0.221 e. The summed E-state index contributed by atoms with van der Waals surface area (Å²) in [5.41, 5.74) is 0. The standard InChI is InChI=1S/C16H32N2O/c1-6-17-13(5)10-16(19)18-15-9-12(4)7-8-14(15)11(2)3/h11-15,17H,6-10H2,1-5H3,(H,18,19). The smallest absolute Gasteiger partial charge is 0.221 e. The lowest BCUT2D eigenvalue weighted by Crippen LogP contribution is -2.46. The minimum Gasteiger partial charge on any atom is -0.353 e. The van der Waals surface area contributed by atoms with Crippen molar-refractivity contribution in [2.24, 2.45) is 17.8 Å². The first kappa shape index (κ1) is 16.5. The molecule has 4 atom stereocenters. The first-order chi connectivity index (χ1) is 8.93. The third-order valence-corrected chi connectivity index (χ3v) is 4.41. The Kier molecular flexibility index (Phi) is 6.84. The second-order valence-electron chi connectivity index (χ2n) is 6.66. The molecule has 4 unspecified atom stereocenters. The van der Waals surface area contributed by atoms with Crippen molar-refractivity contribution in [2.75, 3.05) is 6.54 Å². The highest BCUT2D eigenvalue weighted by atomic mass is 16.1. The van der Waals surface area contributed by atoms with Crippen LogP contribution >= 0.6 is 0 Å². The van der Waals surface area contributed by atoms with Gasteiger partial charge in [0.05, 0.1) is 0 Å². The molecular weight excluding hydrogens is 236 g/mol. The van der Waals surface area contributed by atoms with Gasteiger partial charge >= 0.3 is 0 Å². The summed E-state index contributed by atoms with van der Waals surface area (Å²) >= 11 is 0. The molecule has 3 nitrogen and oxygen atoms in total. The molecule has 0 aromatic heterocycles. The van der Waals surface area contributed by atoms with E-state index in [-0.39, 0.29) is 11.9 Å². The van der Waals surface area contributed by atoms with Crippen molar-refractivity contribution in [3.8, 4) is 0 Å². The summed E-state index contributed by atoms with van der Waals surface area (Å²) in [6, 6.07) is 0.647. The van der Waals surface area contributed by atoms with Gasteiger partial charge in [0.25, 0.3) is 0 Å².